The highest BCUT2D eigenvalue weighted by Gasteiger charge is 2.05. The molecule has 0 spiro atoms. The molecule has 0 aliphatic carbocycles. The third kappa shape index (κ3) is 3.44. The monoisotopic (exact) mass is 235 g/mol. The molecule has 0 atom stereocenters. The summed E-state index contributed by atoms with van der Waals surface area (Å²) < 4.78 is 5.77. The molecule has 86 valence electrons. The van der Waals surface area contributed by atoms with Crippen molar-refractivity contribution in [2.24, 2.45) is 4.99 Å². The van der Waals surface area contributed by atoms with E-state index in [1.165, 1.54) is 16.7 Å². The minimum atomic E-state index is 0.672. The number of hydrogen-bond donors (Lipinski definition) is 0. The first-order valence-corrected chi connectivity index (χ1v) is 5.81. The van der Waals surface area contributed by atoms with Crippen molar-refractivity contribution in [1.29, 1.82) is 0 Å². The maximum Gasteiger partial charge on any atom is 0.125 e. The summed E-state index contributed by atoms with van der Waals surface area (Å²) in [5.74, 6) is 1.01. The number of rotatable bonds is 5. The molecule has 0 unspecified atom stereocenters. The summed E-state index contributed by atoms with van der Waals surface area (Å²) in [7, 11) is 0. The van der Waals surface area contributed by atoms with E-state index in [4.69, 9.17) is 4.74 Å². The Bertz CT molecular complexity index is 409. The molecule has 3 heteroatoms. The van der Waals surface area contributed by atoms with Gasteiger partial charge in [-0.05, 0) is 49.7 Å². The number of benzene rings is 1. The SMILES string of the molecule is Cc1ccc(C)c(OCCCN=C=S)c1C. The Morgan fingerprint density at radius 2 is 1.94 bits per heavy atom. The highest BCUT2D eigenvalue weighted by atomic mass is 32.1. The van der Waals surface area contributed by atoms with Crippen LogP contribution >= 0.6 is 12.2 Å². The fourth-order valence-electron chi connectivity index (χ4n) is 1.51. The van der Waals surface area contributed by atoms with Gasteiger partial charge >= 0.3 is 0 Å². The summed E-state index contributed by atoms with van der Waals surface area (Å²) in [6.07, 6.45) is 0.871. The second kappa shape index (κ2) is 6.41. The largest absolute Gasteiger partial charge is 0.493 e. The zero-order valence-corrected chi connectivity index (χ0v) is 10.9. The van der Waals surface area contributed by atoms with E-state index in [0.29, 0.717) is 13.2 Å². The summed E-state index contributed by atoms with van der Waals surface area (Å²) >= 11 is 4.50. The number of aliphatic imine (C=N–C) groups is 1. The summed E-state index contributed by atoms with van der Waals surface area (Å²) in [6.45, 7) is 7.61. The molecule has 0 bridgehead atoms. The van der Waals surface area contributed by atoms with Gasteiger partial charge in [0.05, 0.1) is 18.3 Å². The lowest BCUT2D eigenvalue weighted by Gasteiger charge is -2.13. The molecule has 0 amide bonds. The van der Waals surface area contributed by atoms with Crippen LogP contribution in [0.15, 0.2) is 17.1 Å². The van der Waals surface area contributed by atoms with Crippen molar-refractivity contribution in [3.63, 3.8) is 0 Å². The molecule has 0 aliphatic heterocycles. The maximum absolute atomic E-state index is 5.77. The maximum atomic E-state index is 5.77. The predicted octanol–water partition coefficient (Wildman–Crippen LogP) is 3.48. The number of ether oxygens (including phenoxy) is 1. The van der Waals surface area contributed by atoms with Gasteiger partial charge in [-0.15, -0.1) is 0 Å². The highest BCUT2D eigenvalue weighted by molar-refractivity contribution is 7.78. The molecular weight excluding hydrogens is 218 g/mol. The third-order valence-corrected chi connectivity index (χ3v) is 2.73. The molecule has 0 saturated carbocycles. The fourth-order valence-corrected chi connectivity index (χ4v) is 1.60. The molecule has 0 N–H and O–H groups in total. The number of thiocarbonyl (C=S) groups is 1. The van der Waals surface area contributed by atoms with E-state index in [1.807, 2.05) is 0 Å². The summed E-state index contributed by atoms with van der Waals surface area (Å²) in [6, 6.07) is 4.21. The van der Waals surface area contributed by atoms with Gasteiger partial charge in [-0.3, -0.25) is 0 Å². The Balaban J connectivity index is 2.59. The van der Waals surface area contributed by atoms with Crippen LogP contribution in [-0.4, -0.2) is 18.3 Å². The van der Waals surface area contributed by atoms with E-state index in [0.717, 1.165) is 12.2 Å². The normalized spacial score (nSPS) is 9.69. The van der Waals surface area contributed by atoms with Gasteiger partial charge < -0.3 is 4.74 Å². The highest BCUT2D eigenvalue weighted by Crippen LogP contribution is 2.25. The fraction of sp³-hybridized carbons (Fsp3) is 0.462. The molecule has 16 heavy (non-hydrogen) atoms. The lowest BCUT2D eigenvalue weighted by molar-refractivity contribution is 0.309. The topological polar surface area (TPSA) is 21.6 Å². The first-order valence-electron chi connectivity index (χ1n) is 5.40. The minimum absolute atomic E-state index is 0.672. The minimum Gasteiger partial charge on any atom is -0.493 e. The first kappa shape index (κ1) is 12.9. The summed E-state index contributed by atoms with van der Waals surface area (Å²) in [5, 5.41) is 2.35. The van der Waals surface area contributed by atoms with Crippen molar-refractivity contribution < 1.29 is 4.74 Å². The van der Waals surface area contributed by atoms with Gasteiger partial charge in [0.1, 0.15) is 5.75 Å². The zero-order chi connectivity index (χ0) is 12.0. The van der Waals surface area contributed by atoms with E-state index >= 15 is 0 Å². The molecule has 0 aromatic heterocycles. The number of hydrogen-bond acceptors (Lipinski definition) is 3. The van der Waals surface area contributed by atoms with E-state index < -0.39 is 0 Å². The van der Waals surface area contributed by atoms with Gasteiger partial charge in [-0.1, -0.05) is 12.1 Å². The average molecular weight is 235 g/mol. The van der Waals surface area contributed by atoms with Gasteiger partial charge in [0.2, 0.25) is 0 Å². The molecule has 0 saturated heterocycles. The zero-order valence-electron chi connectivity index (χ0n) is 10.0. The van der Waals surface area contributed by atoms with Crippen molar-refractivity contribution in [2.75, 3.05) is 13.2 Å². The Kier molecular flexibility index (Phi) is 5.17. The lowest BCUT2D eigenvalue weighted by Crippen LogP contribution is -2.02. The van der Waals surface area contributed by atoms with Gasteiger partial charge in [-0.25, -0.2) is 4.99 Å². The van der Waals surface area contributed by atoms with Crippen LogP contribution in [0.4, 0.5) is 0 Å². The van der Waals surface area contributed by atoms with Crippen LogP contribution in [0.2, 0.25) is 0 Å². The van der Waals surface area contributed by atoms with Crippen LogP contribution in [0.3, 0.4) is 0 Å². The standard InChI is InChI=1S/C13H17NOS/c1-10-5-6-11(2)13(12(10)3)15-8-4-7-14-9-16/h5-6H,4,7-8H2,1-3H3. The number of isothiocyanates is 1. The number of aryl methyl sites for hydroxylation is 2. The molecule has 2 nitrogen and oxygen atoms in total. The van der Waals surface area contributed by atoms with Crippen LogP contribution in [0.1, 0.15) is 23.1 Å². The molecule has 0 heterocycles. The van der Waals surface area contributed by atoms with E-state index in [1.54, 1.807) is 0 Å². The average Bonchev–Trinajstić information content (AvgIpc) is 2.28. The van der Waals surface area contributed by atoms with Crippen LogP contribution in [-0.2, 0) is 0 Å². The van der Waals surface area contributed by atoms with E-state index in [9.17, 15) is 0 Å². The molecular formula is C13H17NOS. The van der Waals surface area contributed by atoms with Crippen LogP contribution in [0.5, 0.6) is 5.75 Å². The van der Waals surface area contributed by atoms with Crippen molar-refractivity contribution >= 4 is 17.4 Å². The second-order valence-electron chi connectivity index (χ2n) is 3.83. The van der Waals surface area contributed by atoms with Gasteiger partial charge in [-0.2, -0.15) is 0 Å². The van der Waals surface area contributed by atoms with Crippen molar-refractivity contribution in [3.05, 3.63) is 28.8 Å². The Hall–Kier alpha value is -1.18. The van der Waals surface area contributed by atoms with E-state index in [-0.39, 0.29) is 0 Å². The molecule has 1 aromatic carbocycles. The Labute approximate surface area is 102 Å². The van der Waals surface area contributed by atoms with Crippen molar-refractivity contribution in [3.8, 4) is 5.75 Å². The van der Waals surface area contributed by atoms with Gasteiger partial charge in [0.15, 0.2) is 0 Å². The predicted molar refractivity (Wildman–Crippen MR) is 70.7 cm³/mol. The van der Waals surface area contributed by atoms with Crippen molar-refractivity contribution in [1.82, 2.24) is 0 Å². The molecule has 1 aromatic rings. The van der Waals surface area contributed by atoms with Crippen LogP contribution in [0.25, 0.3) is 0 Å². The number of nitrogens with zero attached hydrogens (tertiary/aromatic N) is 1. The van der Waals surface area contributed by atoms with Gasteiger partial charge in [0.25, 0.3) is 0 Å². The summed E-state index contributed by atoms with van der Waals surface area (Å²) in [4.78, 5) is 3.85. The Morgan fingerprint density at radius 1 is 1.25 bits per heavy atom. The molecule has 1 rings (SSSR count). The van der Waals surface area contributed by atoms with Crippen LogP contribution in [0, 0.1) is 20.8 Å². The molecule has 0 radical (unpaired) electrons. The van der Waals surface area contributed by atoms with Gasteiger partial charge in [0, 0.05) is 6.42 Å². The smallest absolute Gasteiger partial charge is 0.125 e. The molecule has 0 fully saturated rings. The third-order valence-electron chi connectivity index (χ3n) is 2.60. The van der Waals surface area contributed by atoms with Crippen LogP contribution < -0.4 is 4.74 Å². The second-order valence-corrected chi connectivity index (χ2v) is 4.01. The Morgan fingerprint density at radius 3 is 2.62 bits per heavy atom. The first-order chi connectivity index (χ1) is 7.66. The van der Waals surface area contributed by atoms with E-state index in [2.05, 4.69) is 55.3 Å². The summed E-state index contributed by atoms with van der Waals surface area (Å²) in [5.41, 5.74) is 3.66. The van der Waals surface area contributed by atoms with Crippen molar-refractivity contribution in [2.45, 2.75) is 27.2 Å². The lowest BCUT2D eigenvalue weighted by atomic mass is 10.1. The quantitative estimate of drug-likeness (QED) is 0.443. The molecule has 0 aliphatic rings.